The van der Waals surface area contributed by atoms with Crippen LogP contribution in [0.5, 0.6) is 0 Å². The topological polar surface area (TPSA) is 65.5 Å². The first-order chi connectivity index (χ1) is 16.2. The molecule has 0 amide bonds. The molecule has 0 saturated carbocycles. The van der Waals surface area contributed by atoms with Crippen LogP contribution in [0.2, 0.25) is 0 Å². The Morgan fingerprint density at radius 3 is 2.48 bits per heavy atom. The van der Waals surface area contributed by atoms with E-state index in [-0.39, 0.29) is 0 Å². The third-order valence-corrected chi connectivity index (χ3v) is 5.83. The van der Waals surface area contributed by atoms with Crippen LogP contribution in [-0.2, 0) is 0 Å². The van der Waals surface area contributed by atoms with Crippen LogP contribution in [0, 0.1) is 0 Å². The summed E-state index contributed by atoms with van der Waals surface area (Å²) in [6.45, 7) is 10.7. The molecule has 2 aromatic carbocycles. The molecular weight excluding hydrogens is 408 g/mol. The Labute approximate surface area is 192 Å². The number of nitrogens with two attached hydrogens (primary N) is 1. The number of para-hydroxylation sites is 2. The van der Waals surface area contributed by atoms with Crippen molar-refractivity contribution in [1.82, 2.24) is 18.5 Å². The highest BCUT2D eigenvalue weighted by molar-refractivity contribution is 6.08. The fraction of sp³-hybridized carbons (Fsp3) is 0.111. The molecule has 164 valence electrons. The van der Waals surface area contributed by atoms with Crippen molar-refractivity contribution in [3.63, 3.8) is 0 Å². The first-order valence-corrected chi connectivity index (χ1v) is 11.0. The van der Waals surface area contributed by atoms with Gasteiger partial charge in [-0.3, -0.25) is 14.0 Å². The van der Waals surface area contributed by atoms with Gasteiger partial charge in [0.25, 0.3) is 0 Å². The number of hydrogen-bond donors (Lipinski definition) is 1. The highest BCUT2D eigenvalue weighted by Crippen LogP contribution is 2.34. The van der Waals surface area contributed by atoms with Crippen molar-refractivity contribution in [2.45, 2.75) is 13.3 Å². The number of rotatable bonds is 6. The summed E-state index contributed by atoms with van der Waals surface area (Å²) in [5.74, 6) is 1.07. The predicted molar refractivity (Wildman–Crippen MR) is 139 cm³/mol. The molecule has 5 rings (SSSR count). The van der Waals surface area contributed by atoms with Gasteiger partial charge in [-0.05, 0) is 43.7 Å². The molecule has 0 saturated heterocycles. The van der Waals surface area contributed by atoms with Gasteiger partial charge in [0.15, 0.2) is 5.65 Å². The lowest BCUT2D eigenvalue weighted by Crippen LogP contribution is -2.24. The van der Waals surface area contributed by atoms with E-state index in [4.69, 9.17) is 10.7 Å². The zero-order valence-corrected chi connectivity index (χ0v) is 18.6. The van der Waals surface area contributed by atoms with Crippen molar-refractivity contribution in [2.75, 3.05) is 6.54 Å². The smallest absolute Gasteiger partial charge is 0.224 e. The molecule has 0 atom stereocenters. The van der Waals surface area contributed by atoms with Crippen LogP contribution < -0.4 is 5.73 Å². The third kappa shape index (κ3) is 3.10. The standard InChI is InChI=1S/C27H26N6/c1-4-7-13-18-29-26(28)33-22(6-3)21(5-2)32-25-24(30-27(32)33)20-16-11-12-17-23(20)31(25)19-14-9-8-10-15-19/h4-12,14-17H,2-3,13,18H2,1H3,(H2,28,29)/b7-4-. The van der Waals surface area contributed by atoms with E-state index in [1.165, 1.54) is 0 Å². The van der Waals surface area contributed by atoms with Crippen molar-refractivity contribution in [3.8, 4) is 5.69 Å². The molecule has 5 aromatic rings. The predicted octanol–water partition coefficient (Wildman–Crippen LogP) is 5.65. The number of allylic oxidation sites excluding steroid dienone is 1. The van der Waals surface area contributed by atoms with Crippen molar-refractivity contribution in [2.24, 2.45) is 10.7 Å². The fourth-order valence-corrected chi connectivity index (χ4v) is 4.43. The molecule has 0 fully saturated rings. The fourth-order valence-electron chi connectivity index (χ4n) is 4.43. The maximum Gasteiger partial charge on any atom is 0.224 e. The molecule has 0 unspecified atom stereocenters. The van der Waals surface area contributed by atoms with E-state index in [2.05, 4.69) is 57.5 Å². The maximum atomic E-state index is 6.49. The number of benzene rings is 2. The zero-order chi connectivity index (χ0) is 22.9. The molecule has 0 aliphatic carbocycles. The van der Waals surface area contributed by atoms with E-state index in [1.807, 2.05) is 54.0 Å². The van der Waals surface area contributed by atoms with Gasteiger partial charge < -0.3 is 5.73 Å². The lowest BCUT2D eigenvalue weighted by Gasteiger charge is -2.07. The van der Waals surface area contributed by atoms with Crippen molar-refractivity contribution >= 4 is 46.0 Å². The average molecular weight is 435 g/mol. The Balaban J connectivity index is 1.90. The summed E-state index contributed by atoms with van der Waals surface area (Å²) in [5.41, 5.74) is 12.2. The summed E-state index contributed by atoms with van der Waals surface area (Å²) in [7, 11) is 0. The molecule has 0 aliphatic heterocycles. The number of nitrogens with zero attached hydrogens (tertiary/aromatic N) is 5. The summed E-state index contributed by atoms with van der Waals surface area (Å²) in [5, 5.41) is 1.07. The van der Waals surface area contributed by atoms with Crippen LogP contribution in [0.15, 0.2) is 84.9 Å². The summed E-state index contributed by atoms with van der Waals surface area (Å²) in [6.07, 6.45) is 8.51. The Morgan fingerprint density at radius 2 is 1.76 bits per heavy atom. The van der Waals surface area contributed by atoms with Gasteiger partial charge in [0.2, 0.25) is 11.7 Å². The number of hydrogen-bond acceptors (Lipinski definition) is 2. The Morgan fingerprint density at radius 1 is 1.03 bits per heavy atom. The highest BCUT2D eigenvalue weighted by Gasteiger charge is 2.25. The largest absolute Gasteiger partial charge is 0.369 e. The summed E-state index contributed by atoms with van der Waals surface area (Å²) < 4.78 is 6.19. The van der Waals surface area contributed by atoms with Crippen LogP contribution in [0.4, 0.5) is 0 Å². The van der Waals surface area contributed by atoms with Gasteiger partial charge in [-0.25, -0.2) is 9.55 Å². The lowest BCUT2D eigenvalue weighted by atomic mass is 10.2. The van der Waals surface area contributed by atoms with Crippen molar-refractivity contribution in [1.29, 1.82) is 0 Å². The second kappa shape index (κ2) is 8.31. The molecule has 6 heteroatoms. The van der Waals surface area contributed by atoms with Crippen LogP contribution in [0.25, 0.3) is 45.7 Å². The molecular formula is C27H26N6. The molecule has 6 nitrogen and oxygen atoms in total. The van der Waals surface area contributed by atoms with Crippen molar-refractivity contribution in [3.05, 3.63) is 91.3 Å². The van der Waals surface area contributed by atoms with E-state index >= 15 is 0 Å². The number of aliphatic imine (C=N–C) groups is 1. The Bertz CT molecular complexity index is 1560. The second-order valence-corrected chi connectivity index (χ2v) is 7.72. The summed E-state index contributed by atoms with van der Waals surface area (Å²) in [6, 6.07) is 18.6. The summed E-state index contributed by atoms with van der Waals surface area (Å²) >= 11 is 0. The number of fused-ring (bicyclic) bond motifs is 5. The minimum absolute atomic E-state index is 0.385. The summed E-state index contributed by atoms with van der Waals surface area (Å²) in [4.78, 5) is 9.67. The van der Waals surface area contributed by atoms with Crippen LogP contribution in [0.1, 0.15) is 24.7 Å². The van der Waals surface area contributed by atoms with Gasteiger partial charge >= 0.3 is 0 Å². The van der Waals surface area contributed by atoms with E-state index < -0.39 is 0 Å². The number of aromatic nitrogens is 4. The first kappa shape index (κ1) is 20.6. The van der Waals surface area contributed by atoms with Gasteiger partial charge in [0, 0.05) is 17.6 Å². The van der Waals surface area contributed by atoms with Gasteiger partial charge in [0.1, 0.15) is 5.52 Å². The lowest BCUT2D eigenvalue weighted by molar-refractivity contribution is 0.971. The Hall–Kier alpha value is -4.32. The maximum absolute atomic E-state index is 6.49. The molecule has 2 N–H and O–H groups in total. The SMILES string of the molecule is C=Cc1c(C=C)n2c(nc3c4ccccc4n(-c4ccccc4)c32)n1C(N)=NCC/C=C\C. The molecule has 0 bridgehead atoms. The quantitative estimate of drug-likeness (QED) is 0.162. The number of imidazole rings is 2. The van der Waals surface area contributed by atoms with Gasteiger partial charge in [-0.2, -0.15) is 0 Å². The van der Waals surface area contributed by atoms with E-state index in [1.54, 1.807) is 6.08 Å². The molecule has 0 radical (unpaired) electrons. The van der Waals surface area contributed by atoms with E-state index in [0.717, 1.165) is 45.6 Å². The monoisotopic (exact) mass is 434 g/mol. The molecule has 0 aliphatic rings. The van der Waals surface area contributed by atoms with Crippen LogP contribution in [-0.4, -0.2) is 31.0 Å². The van der Waals surface area contributed by atoms with E-state index in [9.17, 15) is 0 Å². The van der Waals surface area contributed by atoms with Gasteiger partial charge in [-0.15, -0.1) is 0 Å². The zero-order valence-electron chi connectivity index (χ0n) is 18.6. The highest BCUT2D eigenvalue weighted by atomic mass is 15.3. The van der Waals surface area contributed by atoms with Gasteiger partial charge in [0.05, 0.1) is 16.9 Å². The normalized spacial score (nSPS) is 12.5. The van der Waals surface area contributed by atoms with Crippen LogP contribution in [0.3, 0.4) is 0 Å². The molecule has 0 spiro atoms. The first-order valence-electron chi connectivity index (χ1n) is 11.0. The molecule has 33 heavy (non-hydrogen) atoms. The minimum atomic E-state index is 0.385. The Kier molecular flexibility index (Phi) is 5.18. The molecule has 3 heterocycles. The van der Waals surface area contributed by atoms with Gasteiger partial charge in [-0.1, -0.05) is 61.7 Å². The van der Waals surface area contributed by atoms with Crippen molar-refractivity contribution < 1.29 is 0 Å². The van der Waals surface area contributed by atoms with E-state index in [0.29, 0.717) is 18.3 Å². The second-order valence-electron chi connectivity index (χ2n) is 7.72. The third-order valence-electron chi connectivity index (χ3n) is 5.83. The minimum Gasteiger partial charge on any atom is -0.369 e. The average Bonchev–Trinajstić information content (AvgIpc) is 3.47. The molecule has 3 aromatic heterocycles. The van der Waals surface area contributed by atoms with Crippen LogP contribution >= 0.6 is 0 Å².